The molecule has 0 aromatic heterocycles. The van der Waals surface area contributed by atoms with E-state index in [4.69, 9.17) is 10.00 Å². The molecule has 6 nitrogen and oxygen atoms in total. The molecular formula is C11H17N3O3. The Balaban J connectivity index is 2.76. The predicted molar refractivity (Wildman–Crippen MR) is 59.8 cm³/mol. The van der Waals surface area contributed by atoms with Crippen LogP contribution < -0.4 is 5.32 Å². The number of likely N-dealkylation sites (N-methyl/N-ethyl adjacent to an activating group) is 1. The Hall–Kier alpha value is -1.61. The number of ether oxygens (including phenoxy) is 1. The minimum Gasteiger partial charge on any atom is -0.377 e. The Kier molecular flexibility index (Phi) is 4.91. The van der Waals surface area contributed by atoms with E-state index in [1.807, 2.05) is 13.0 Å². The lowest BCUT2D eigenvalue weighted by atomic mass is 10.1. The van der Waals surface area contributed by atoms with Gasteiger partial charge >= 0.3 is 0 Å². The smallest absolute Gasteiger partial charge is 0.245 e. The van der Waals surface area contributed by atoms with Gasteiger partial charge in [-0.3, -0.25) is 9.59 Å². The van der Waals surface area contributed by atoms with E-state index in [1.54, 1.807) is 0 Å². The maximum Gasteiger partial charge on any atom is 0.245 e. The molecule has 2 amide bonds. The van der Waals surface area contributed by atoms with Gasteiger partial charge in [0.2, 0.25) is 11.8 Å². The number of rotatable bonds is 3. The molecule has 1 rings (SSSR count). The van der Waals surface area contributed by atoms with Gasteiger partial charge in [0.1, 0.15) is 12.0 Å². The van der Waals surface area contributed by atoms with Gasteiger partial charge in [-0.2, -0.15) is 5.26 Å². The van der Waals surface area contributed by atoms with Gasteiger partial charge in [0.25, 0.3) is 0 Å². The highest BCUT2D eigenvalue weighted by atomic mass is 16.5. The highest BCUT2D eigenvalue weighted by Crippen LogP contribution is 2.11. The molecule has 0 aromatic rings. The number of nitrogens with one attached hydrogen (secondary N) is 1. The number of carbonyl (C=O) groups is 2. The molecule has 1 heterocycles. The van der Waals surface area contributed by atoms with Crippen LogP contribution in [-0.4, -0.2) is 49.1 Å². The van der Waals surface area contributed by atoms with Crippen LogP contribution >= 0.6 is 0 Å². The zero-order chi connectivity index (χ0) is 12.8. The van der Waals surface area contributed by atoms with E-state index in [2.05, 4.69) is 5.32 Å². The second-order valence-corrected chi connectivity index (χ2v) is 3.87. The summed E-state index contributed by atoms with van der Waals surface area (Å²) < 4.78 is 5.21. The fourth-order valence-electron chi connectivity index (χ4n) is 1.68. The molecule has 1 aliphatic rings. The van der Waals surface area contributed by atoms with E-state index < -0.39 is 12.0 Å². The molecule has 2 atom stereocenters. The highest BCUT2D eigenvalue weighted by Gasteiger charge is 2.34. The molecule has 0 bridgehead atoms. The van der Waals surface area contributed by atoms with E-state index in [0.717, 1.165) is 0 Å². The molecule has 0 aliphatic carbocycles. The first-order chi connectivity index (χ1) is 8.11. The molecule has 2 unspecified atom stereocenters. The normalized spacial score (nSPS) is 21.5. The second-order valence-electron chi connectivity index (χ2n) is 3.87. The van der Waals surface area contributed by atoms with Gasteiger partial charge in [-0.1, -0.05) is 0 Å². The largest absolute Gasteiger partial charge is 0.377 e. The Morgan fingerprint density at radius 1 is 1.65 bits per heavy atom. The van der Waals surface area contributed by atoms with Crippen molar-refractivity contribution in [2.24, 2.45) is 5.92 Å². The highest BCUT2D eigenvalue weighted by molar-refractivity contribution is 5.89. The minimum atomic E-state index is -0.731. The van der Waals surface area contributed by atoms with Crippen molar-refractivity contribution in [2.75, 3.05) is 26.3 Å². The zero-order valence-electron chi connectivity index (χ0n) is 10.1. The van der Waals surface area contributed by atoms with Crippen molar-refractivity contribution in [3.63, 3.8) is 0 Å². The first-order valence-corrected chi connectivity index (χ1v) is 5.67. The van der Waals surface area contributed by atoms with Crippen LogP contribution in [0.3, 0.4) is 0 Å². The lowest BCUT2D eigenvalue weighted by Crippen LogP contribution is -2.56. The van der Waals surface area contributed by atoms with E-state index in [9.17, 15) is 9.59 Å². The lowest BCUT2D eigenvalue weighted by molar-refractivity contribution is -0.149. The summed E-state index contributed by atoms with van der Waals surface area (Å²) >= 11 is 0. The summed E-state index contributed by atoms with van der Waals surface area (Å²) in [4.78, 5) is 25.1. The molecule has 0 aromatic carbocycles. The quantitative estimate of drug-likeness (QED) is 0.720. The molecule has 0 saturated carbocycles. The molecule has 1 saturated heterocycles. The van der Waals surface area contributed by atoms with Crippen LogP contribution in [0.4, 0.5) is 0 Å². The number of carbonyl (C=O) groups excluding carboxylic acids is 2. The molecule has 0 spiro atoms. The van der Waals surface area contributed by atoms with Gasteiger partial charge in [0, 0.05) is 13.1 Å². The Bertz CT molecular complexity index is 337. The van der Waals surface area contributed by atoms with E-state index in [-0.39, 0.29) is 18.4 Å². The number of amides is 2. The van der Waals surface area contributed by atoms with Crippen molar-refractivity contribution >= 4 is 11.8 Å². The summed E-state index contributed by atoms with van der Waals surface area (Å²) in [5.41, 5.74) is 0. The van der Waals surface area contributed by atoms with Gasteiger partial charge < -0.3 is 15.0 Å². The summed E-state index contributed by atoms with van der Waals surface area (Å²) in [6.45, 7) is 4.80. The van der Waals surface area contributed by atoms with Crippen molar-refractivity contribution in [1.82, 2.24) is 10.2 Å². The van der Waals surface area contributed by atoms with Crippen molar-refractivity contribution in [3.05, 3.63) is 0 Å². The average Bonchev–Trinajstić information content (AvgIpc) is 2.37. The molecular weight excluding hydrogens is 222 g/mol. The maximum absolute atomic E-state index is 11.9. The number of hydrogen-bond acceptors (Lipinski definition) is 4. The molecule has 94 valence electrons. The number of nitrogens with zero attached hydrogens (tertiary/aromatic N) is 2. The summed E-state index contributed by atoms with van der Waals surface area (Å²) in [5, 5.41) is 11.4. The monoisotopic (exact) mass is 239 g/mol. The van der Waals surface area contributed by atoms with Gasteiger partial charge in [0.05, 0.1) is 19.3 Å². The first-order valence-electron chi connectivity index (χ1n) is 5.67. The Morgan fingerprint density at radius 2 is 2.35 bits per heavy atom. The third-order valence-electron chi connectivity index (χ3n) is 2.63. The molecule has 6 heteroatoms. The van der Waals surface area contributed by atoms with Crippen LogP contribution in [0.25, 0.3) is 0 Å². The number of nitriles is 1. The standard InChI is InChI=1S/C11H17N3O3/c1-3-13-10(15)9-7-17-5-4-14(9)11(16)8(2)6-12/h8-9H,3-5,7H2,1-2H3,(H,13,15). The molecule has 1 N–H and O–H groups in total. The number of hydrogen-bond donors (Lipinski definition) is 1. The predicted octanol–water partition coefficient (Wildman–Crippen LogP) is -0.490. The average molecular weight is 239 g/mol. The summed E-state index contributed by atoms with van der Waals surface area (Å²) in [6.07, 6.45) is 0. The summed E-state index contributed by atoms with van der Waals surface area (Å²) in [6, 6.07) is 1.27. The minimum absolute atomic E-state index is 0.190. The second kappa shape index (κ2) is 6.21. The Morgan fingerprint density at radius 3 is 2.94 bits per heavy atom. The van der Waals surface area contributed by atoms with Crippen molar-refractivity contribution < 1.29 is 14.3 Å². The van der Waals surface area contributed by atoms with Gasteiger partial charge in [-0.15, -0.1) is 0 Å². The number of morpholine rings is 1. The molecule has 0 radical (unpaired) electrons. The van der Waals surface area contributed by atoms with Crippen molar-refractivity contribution in [1.29, 1.82) is 5.26 Å². The third kappa shape index (κ3) is 3.17. The van der Waals surface area contributed by atoms with Gasteiger partial charge in [0.15, 0.2) is 0 Å². The van der Waals surface area contributed by atoms with Crippen LogP contribution in [-0.2, 0) is 14.3 Å². The summed E-state index contributed by atoms with van der Waals surface area (Å²) in [5.74, 6) is -1.28. The molecule has 1 fully saturated rings. The molecule has 17 heavy (non-hydrogen) atoms. The van der Waals surface area contributed by atoms with Crippen molar-refractivity contribution in [2.45, 2.75) is 19.9 Å². The van der Waals surface area contributed by atoms with Gasteiger partial charge in [-0.25, -0.2) is 0 Å². The van der Waals surface area contributed by atoms with Crippen LogP contribution in [0.15, 0.2) is 0 Å². The van der Waals surface area contributed by atoms with Crippen LogP contribution in [0.2, 0.25) is 0 Å². The van der Waals surface area contributed by atoms with Crippen molar-refractivity contribution in [3.8, 4) is 6.07 Å². The zero-order valence-corrected chi connectivity index (χ0v) is 10.1. The third-order valence-corrected chi connectivity index (χ3v) is 2.63. The topological polar surface area (TPSA) is 82.4 Å². The Labute approximate surface area is 101 Å². The van der Waals surface area contributed by atoms with E-state index in [0.29, 0.717) is 19.7 Å². The maximum atomic E-state index is 11.9. The summed E-state index contributed by atoms with van der Waals surface area (Å²) in [7, 11) is 0. The fraction of sp³-hybridized carbons (Fsp3) is 0.727. The fourth-order valence-corrected chi connectivity index (χ4v) is 1.68. The first kappa shape index (κ1) is 13.5. The SMILES string of the molecule is CCNC(=O)C1COCCN1C(=O)C(C)C#N. The molecule has 1 aliphatic heterocycles. The lowest BCUT2D eigenvalue weighted by Gasteiger charge is -2.35. The van der Waals surface area contributed by atoms with E-state index in [1.165, 1.54) is 11.8 Å². The van der Waals surface area contributed by atoms with Crippen LogP contribution in [0.1, 0.15) is 13.8 Å². The van der Waals surface area contributed by atoms with Crippen LogP contribution in [0.5, 0.6) is 0 Å². The van der Waals surface area contributed by atoms with E-state index >= 15 is 0 Å². The van der Waals surface area contributed by atoms with Crippen LogP contribution in [0, 0.1) is 17.2 Å². The van der Waals surface area contributed by atoms with Gasteiger partial charge in [-0.05, 0) is 13.8 Å².